The summed E-state index contributed by atoms with van der Waals surface area (Å²) in [7, 11) is 1.79. The predicted molar refractivity (Wildman–Crippen MR) is 131 cm³/mol. The number of nitrogens with zero attached hydrogens (tertiary/aromatic N) is 3. The van der Waals surface area contributed by atoms with Crippen molar-refractivity contribution < 1.29 is 4.74 Å². The Morgan fingerprint density at radius 1 is 1.12 bits per heavy atom. The van der Waals surface area contributed by atoms with E-state index in [1.165, 1.54) is 24.8 Å². The first kappa shape index (κ1) is 19.9. The number of hydrogen-bond donors (Lipinski definition) is 1. The fraction of sp³-hybridized carbons (Fsp3) is 0.259. The second kappa shape index (κ2) is 7.96. The summed E-state index contributed by atoms with van der Waals surface area (Å²) >= 11 is 0. The van der Waals surface area contributed by atoms with Crippen molar-refractivity contribution in [3.8, 4) is 16.9 Å². The van der Waals surface area contributed by atoms with Crippen molar-refractivity contribution in [3.63, 3.8) is 0 Å². The normalized spacial score (nSPS) is 14.1. The zero-order valence-electron chi connectivity index (χ0n) is 18.6. The number of aromatic amines is 1. The quantitative estimate of drug-likeness (QED) is 0.401. The Morgan fingerprint density at radius 2 is 1.97 bits per heavy atom. The van der Waals surface area contributed by atoms with E-state index in [0.29, 0.717) is 18.0 Å². The molecule has 6 nitrogen and oxygen atoms in total. The molecular formula is C27H26N4O2. The molecule has 1 fully saturated rings. The lowest BCUT2D eigenvalue weighted by Crippen LogP contribution is -2.19. The average Bonchev–Trinajstić information content (AvgIpc) is 3.43. The Morgan fingerprint density at radius 3 is 2.76 bits per heavy atom. The molecule has 5 aromatic rings. The molecular weight excluding hydrogens is 412 g/mol. The smallest absolute Gasteiger partial charge is 0.274 e. The van der Waals surface area contributed by atoms with Crippen molar-refractivity contribution in [3.05, 3.63) is 83.2 Å². The van der Waals surface area contributed by atoms with Gasteiger partial charge in [0.05, 0.1) is 24.0 Å². The van der Waals surface area contributed by atoms with E-state index < -0.39 is 0 Å². The molecule has 0 atom stereocenters. The predicted octanol–water partition coefficient (Wildman–Crippen LogP) is 5.11. The zero-order chi connectivity index (χ0) is 22.4. The van der Waals surface area contributed by atoms with Crippen LogP contribution in [0, 0.1) is 5.92 Å². The first-order valence-electron chi connectivity index (χ1n) is 11.5. The highest BCUT2D eigenvalue weighted by Crippen LogP contribution is 2.38. The largest absolute Gasteiger partial charge is 0.493 e. The molecule has 3 aromatic heterocycles. The van der Waals surface area contributed by atoms with Gasteiger partial charge in [0, 0.05) is 48.6 Å². The third kappa shape index (κ3) is 3.52. The monoisotopic (exact) mass is 438 g/mol. The molecule has 33 heavy (non-hydrogen) atoms. The SMILES string of the molecule is Cn1cc(-c2cc3ncn(Cc4ccccc4)c3cc2OCC2CCC2)c2cc[nH]c2c1=O. The van der Waals surface area contributed by atoms with Gasteiger partial charge in [-0.2, -0.15) is 0 Å². The van der Waals surface area contributed by atoms with Gasteiger partial charge in [-0.1, -0.05) is 36.8 Å². The van der Waals surface area contributed by atoms with Crippen LogP contribution in [0.15, 0.2) is 72.0 Å². The lowest BCUT2D eigenvalue weighted by molar-refractivity contribution is 0.181. The maximum Gasteiger partial charge on any atom is 0.274 e. The summed E-state index contributed by atoms with van der Waals surface area (Å²) in [6.45, 7) is 1.47. The lowest BCUT2D eigenvalue weighted by Gasteiger charge is -2.26. The fourth-order valence-corrected chi connectivity index (χ4v) is 4.67. The van der Waals surface area contributed by atoms with Gasteiger partial charge in [0.15, 0.2) is 0 Å². The van der Waals surface area contributed by atoms with Crippen LogP contribution in [0.2, 0.25) is 0 Å². The van der Waals surface area contributed by atoms with E-state index in [9.17, 15) is 4.79 Å². The van der Waals surface area contributed by atoms with Crippen molar-refractivity contribution in [2.24, 2.45) is 13.0 Å². The van der Waals surface area contributed by atoms with Gasteiger partial charge in [-0.3, -0.25) is 4.79 Å². The Balaban J connectivity index is 1.50. The van der Waals surface area contributed by atoms with E-state index in [1.807, 2.05) is 30.9 Å². The van der Waals surface area contributed by atoms with Crippen molar-refractivity contribution in [2.45, 2.75) is 25.8 Å². The van der Waals surface area contributed by atoms with E-state index in [-0.39, 0.29) is 5.56 Å². The highest BCUT2D eigenvalue weighted by atomic mass is 16.5. The summed E-state index contributed by atoms with van der Waals surface area (Å²) in [4.78, 5) is 20.4. The molecule has 166 valence electrons. The molecule has 1 saturated carbocycles. The summed E-state index contributed by atoms with van der Waals surface area (Å²) in [5.41, 5.74) is 5.68. The Labute approximate surface area is 191 Å². The van der Waals surface area contributed by atoms with Gasteiger partial charge in [0.25, 0.3) is 5.56 Å². The van der Waals surface area contributed by atoms with Crippen molar-refractivity contribution >= 4 is 21.9 Å². The average molecular weight is 439 g/mol. The Kier molecular flexibility index (Phi) is 4.79. The molecule has 0 aliphatic heterocycles. The maximum atomic E-state index is 12.6. The van der Waals surface area contributed by atoms with E-state index in [0.717, 1.165) is 39.8 Å². The molecule has 0 radical (unpaired) electrons. The molecule has 1 aliphatic rings. The zero-order valence-corrected chi connectivity index (χ0v) is 18.6. The summed E-state index contributed by atoms with van der Waals surface area (Å²) in [6.07, 6.45) is 9.35. The third-order valence-electron chi connectivity index (χ3n) is 6.80. The highest BCUT2D eigenvalue weighted by molar-refractivity contribution is 5.98. The molecule has 3 heterocycles. The van der Waals surface area contributed by atoms with Gasteiger partial charge in [-0.05, 0) is 36.5 Å². The number of H-pyrrole nitrogens is 1. The Bertz CT molecular complexity index is 1510. The van der Waals surface area contributed by atoms with Crippen LogP contribution in [0.5, 0.6) is 5.75 Å². The molecule has 0 unspecified atom stereocenters. The summed E-state index contributed by atoms with van der Waals surface area (Å²) in [6, 6.07) is 16.6. The van der Waals surface area contributed by atoms with Gasteiger partial charge in [-0.25, -0.2) is 4.98 Å². The number of pyridine rings is 1. The Hall–Kier alpha value is -3.80. The lowest BCUT2D eigenvalue weighted by atomic mass is 9.86. The van der Waals surface area contributed by atoms with E-state index in [2.05, 4.69) is 45.9 Å². The van der Waals surface area contributed by atoms with E-state index in [4.69, 9.17) is 9.72 Å². The first-order valence-corrected chi connectivity index (χ1v) is 11.5. The van der Waals surface area contributed by atoms with Gasteiger partial charge in [0.1, 0.15) is 11.3 Å². The van der Waals surface area contributed by atoms with Crippen LogP contribution < -0.4 is 10.3 Å². The molecule has 6 heteroatoms. The number of aromatic nitrogens is 4. The molecule has 0 saturated heterocycles. The minimum absolute atomic E-state index is 0.0381. The molecule has 1 aliphatic carbocycles. The fourth-order valence-electron chi connectivity index (χ4n) is 4.67. The van der Waals surface area contributed by atoms with Crippen LogP contribution in [-0.2, 0) is 13.6 Å². The third-order valence-corrected chi connectivity index (χ3v) is 6.80. The first-order chi connectivity index (χ1) is 16.2. The number of nitrogens with one attached hydrogen (secondary N) is 1. The number of aryl methyl sites for hydroxylation is 1. The number of hydrogen-bond acceptors (Lipinski definition) is 3. The molecule has 2 aromatic carbocycles. The number of imidazole rings is 1. The second-order valence-electron chi connectivity index (χ2n) is 9.03. The van der Waals surface area contributed by atoms with Gasteiger partial charge >= 0.3 is 0 Å². The van der Waals surface area contributed by atoms with Crippen LogP contribution in [0.25, 0.3) is 33.1 Å². The van der Waals surface area contributed by atoms with Crippen LogP contribution in [0.4, 0.5) is 0 Å². The number of rotatable bonds is 6. The molecule has 0 amide bonds. The summed E-state index contributed by atoms with van der Waals surface area (Å²) < 4.78 is 10.2. The number of fused-ring (bicyclic) bond motifs is 2. The van der Waals surface area contributed by atoms with Crippen LogP contribution in [-0.4, -0.2) is 25.7 Å². The van der Waals surface area contributed by atoms with Crippen LogP contribution >= 0.6 is 0 Å². The minimum atomic E-state index is -0.0381. The summed E-state index contributed by atoms with van der Waals surface area (Å²) in [5.74, 6) is 1.46. The van der Waals surface area contributed by atoms with E-state index >= 15 is 0 Å². The van der Waals surface area contributed by atoms with Crippen LogP contribution in [0.3, 0.4) is 0 Å². The molecule has 0 spiro atoms. The minimum Gasteiger partial charge on any atom is -0.493 e. The maximum absolute atomic E-state index is 12.6. The topological polar surface area (TPSA) is 64.8 Å². The number of benzene rings is 2. The van der Waals surface area contributed by atoms with Crippen molar-refractivity contribution in [1.29, 1.82) is 0 Å². The van der Waals surface area contributed by atoms with Gasteiger partial charge in [-0.15, -0.1) is 0 Å². The van der Waals surface area contributed by atoms with Crippen molar-refractivity contribution in [2.75, 3.05) is 6.61 Å². The molecule has 0 bridgehead atoms. The van der Waals surface area contributed by atoms with Gasteiger partial charge < -0.3 is 18.9 Å². The second-order valence-corrected chi connectivity index (χ2v) is 9.03. The van der Waals surface area contributed by atoms with E-state index in [1.54, 1.807) is 11.6 Å². The molecule has 1 N–H and O–H groups in total. The number of ether oxygens (including phenoxy) is 1. The van der Waals surface area contributed by atoms with Crippen LogP contribution in [0.1, 0.15) is 24.8 Å². The van der Waals surface area contributed by atoms with Gasteiger partial charge in [0.2, 0.25) is 0 Å². The summed E-state index contributed by atoms with van der Waals surface area (Å²) in [5, 5.41) is 0.898. The molecule has 6 rings (SSSR count). The highest BCUT2D eigenvalue weighted by Gasteiger charge is 2.21. The standard InChI is InChI=1S/C27H26N4O2/c1-30-15-22(20-10-11-28-26(20)27(30)32)21-12-23-24(13-25(21)33-16-19-8-5-9-19)31(17-29-23)14-18-6-3-2-4-7-18/h2-4,6-7,10-13,15,17,19,28H,5,8-9,14,16H2,1H3. The van der Waals surface area contributed by atoms with Crippen molar-refractivity contribution in [1.82, 2.24) is 19.1 Å².